The third kappa shape index (κ3) is 4.27. The van der Waals surface area contributed by atoms with Gasteiger partial charge < -0.3 is 9.84 Å². The summed E-state index contributed by atoms with van der Waals surface area (Å²) >= 11 is 0. The van der Waals surface area contributed by atoms with Crippen molar-refractivity contribution >= 4 is 5.91 Å². The maximum Gasteiger partial charge on any atom is 0.271 e. The Kier molecular flexibility index (Phi) is 5.31. The average Bonchev–Trinajstić information content (AvgIpc) is 3.24. The molecular formula is C20H24FN5O2. The Labute approximate surface area is 162 Å². The van der Waals surface area contributed by atoms with Crippen molar-refractivity contribution < 1.29 is 13.7 Å². The molecule has 28 heavy (non-hydrogen) atoms. The zero-order valence-corrected chi connectivity index (χ0v) is 16.7. The Morgan fingerprint density at radius 1 is 1.29 bits per heavy atom. The smallest absolute Gasteiger partial charge is 0.271 e. The molecule has 0 fully saturated rings. The summed E-state index contributed by atoms with van der Waals surface area (Å²) in [6, 6.07) is 6.50. The highest BCUT2D eigenvalue weighted by molar-refractivity contribution is 5.93. The van der Waals surface area contributed by atoms with Crippen LogP contribution in [-0.4, -0.2) is 32.4 Å². The first-order valence-electron chi connectivity index (χ1n) is 9.07. The van der Waals surface area contributed by atoms with E-state index in [9.17, 15) is 9.18 Å². The highest BCUT2D eigenvalue weighted by atomic mass is 19.1. The Morgan fingerprint density at radius 2 is 2.04 bits per heavy atom. The van der Waals surface area contributed by atoms with E-state index >= 15 is 0 Å². The Bertz CT molecular complexity index is 1000. The number of carbonyl (C=O) groups is 1. The van der Waals surface area contributed by atoms with Crippen molar-refractivity contribution in [1.82, 2.24) is 25.2 Å². The van der Waals surface area contributed by atoms with Crippen molar-refractivity contribution in [3.05, 3.63) is 53.1 Å². The summed E-state index contributed by atoms with van der Waals surface area (Å²) in [6.07, 6.45) is 0.460. The van der Waals surface area contributed by atoms with Crippen LogP contribution in [0.3, 0.4) is 0 Å². The number of benzene rings is 1. The molecule has 0 unspecified atom stereocenters. The summed E-state index contributed by atoms with van der Waals surface area (Å²) in [7, 11) is 1.75. The van der Waals surface area contributed by atoms with Crippen molar-refractivity contribution in [3.8, 4) is 11.3 Å². The molecule has 0 saturated heterocycles. The van der Waals surface area contributed by atoms with Gasteiger partial charge in [-0.15, -0.1) is 0 Å². The highest BCUT2D eigenvalue weighted by Crippen LogP contribution is 2.22. The van der Waals surface area contributed by atoms with Crippen molar-refractivity contribution in [2.24, 2.45) is 7.05 Å². The summed E-state index contributed by atoms with van der Waals surface area (Å²) in [5.41, 5.74) is 2.16. The molecule has 0 atom stereocenters. The molecule has 3 rings (SSSR count). The predicted octanol–water partition coefficient (Wildman–Crippen LogP) is 3.19. The van der Waals surface area contributed by atoms with Gasteiger partial charge in [0, 0.05) is 31.0 Å². The maximum atomic E-state index is 13.5. The van der Waals surface area contributed by atoms with Crippen molar-refractivity contribution in [3.63, 3.8) is 0 Å². The Hall–Kier alpha value is -3.03. The molecule has 1 amide bonds. The molecule has 0 aliphatic carbocycles. The normalized spacial score (nSPS) is 11.6. The molecule has 7 nitrogen and oxygen atoms in total. The van der Waals surface area contributed by atoms with Crippen molar-refractivity contribution in [2.75, 3.05) is 6.54 Å². The number of rotatable bonds is 5. The number of amides is 1. The second-order valence-corrected chi connectivity index (χ2v) is 7.77. The number of hydrogen-bond donors (Lipinski definition) is 1. The third-order valence-corrected chi connectivity index (χ3v) is 4.31. The van der Waals surface area contributed by atoms with Crippen LogP contribution in [0.1, 0.15) is 48.5 Å². The van der Waals surface area contributed by atoms with Crippen LogP contribution in [0.25, 0.3) is 11.3 Å². The maximum absolute atomic E-state index is 13.5. The zero-order valence-electron chi connectivity index (χ0n) is 16.7. The first-order chi connectivity index (χ1) is 13.1. The van der Waals surface area contributed by atoms with E-state index in [1.807, 2.05) is 20.8 Å². The summed E-state index contributed by atoms with van der Waals surface area (Å²) < 4.78 is 20.3. The van der Waals surface area contributed by atoms with Gasteiger partial charge >= 0.3 is 0 Å². The molecular weight excluding hydrogens is 361 g/mol. The summed E-state index contributed by atoms with van der Waals surface area (Å²) in [6.45, 7) is 8.05. The van der Waals surface area contributed by atoms with Gasteiger partial charge in [-0.2, -0.15) is 10.1 Å². The number of aryl methyl sites for hydroxylation is 2. The van der Waals surface area contributed by atoms with Gasteiger partial charge in [0.25, 0.3) is 5.91 Å². The minimum atomic E-state index is -0.291. The van der Waals surface area contributed by atoms with Gasteiger partial charge in [0.15, 0.2) is 11.5 Å². The first-order valence-corrected chi connectivity index (χ1v) is 9.07. The number of carbonyl (C=O) groups excluding carboxylic acids is 1. The van der Waals surface area contributed by atoms with Crippen molar-refractivity contribution in [1.29, 1.82) is 0 Å². The first kappa shape index (κ1) is 19.7. The molecule has 0 aliphatic rings. The van der Waals surface area contributed by atoms with Crippen LogP contribution < -0.4 is 5.32 Å². The molecule has 3 aromatic rings. The topological polar surface area (TPSA) is 85.8 Å². The lowest BCUT2D eigenvalue weighted by Gasteiger charge is -2.10. The number of aromatic nitrogens is 4. The van der Waals surface area contributed by atoms with Gasteiger partial charge in [-0.25, -0.2) is 4.39 Å². The molecule has 1 aromatic carbocycles. The number of hydrogen-bond acceptors (Lipinski definition) is 5. The van der Waals surface area contributed by atoms with E-state index in [1.54, 1.807) is 36.9 Å². The molecule has 2 aromatic heterocycles. The lowest BCUT2D eigenvalue weighted by Crippen LogP contribution is -2.26. The van der Waals surface area contributed by atoms with Crippen LogP contribution in [0, 0.1) is 12.7 Å². The van der Waals surface area contributed by atoms with Crippen LogP contribution in [0.4, 0.5) is 4.39 Å². The number of halogens is 1. The fourth-order valence-corrected chi connectivity index (χ4v) is 2.69. The average molecular weight is 385 g/mol. The van der Waals surface area contributed by atoms with Gasteiger partial charge in [-0.3, -0.25) is 9.48 Å². The van der Waals surface area contributed by atoms with E-state index in [1.165, 1.54) is 6.07 Å². The molecule has 148 valence electrons. The summed E-state index contributed by atoms with van der Waals surface area (Å²) in [4.78, 5) is 16.8. The lowest BCUT2D eigenvalue weighted by molar-refractivity contribution is 0.0948. The molecule has 0 radical (unpaired) electrons. The highest BCUT2D eigenvalue weighted by Gasteiger charge is 2.21. The molecule has 2 heterocycles. The predicted molar refractivity (Wildman–Crippen MR) is 102 cm³/mol. The SMILES string of the molecule is Cc1cc(-c2cc(C(=O)NCCc3noc(C(C)(C)C)n3)nn2C)ccc1F. The van der Waals surface area contributed by atoms with E-state index in [2.05, 4.69) is 20.6 Å². The van der Waals surface area contributed by atoms with E-state index in [0.717, 1.165) is 11.3 Å². The zero-order chi connectivity index (χ0) is 20.5. The lowest BCUT2D eigenvalue weighted by atomic mass is 9.97. The van der Waals surface area contributed by atoms with Gasteiger partial charge in [-0.1, -0.05) is 25.9 Å². The molecule has 0 saturated carbocycles. The van der Waals surface area contributed by atoms with Gasteiger partial charge in [0.05, 0.1) is 5.69 Å². The minimum Gasteiger partial charge on any atom is -0.350 e. The minimum absolute atomic E-state index is 0.211. The monoisotopic (exact) mass is 385 g/mol. The second-order valence-electron chi connectivity index (χ2n) is 7.77. The third-order valence-electron chi connectivity index (χ3n) is 4.31. The summed E-state index contributed by atoms with van der Waals surface area (Å²) in [5, 5.41) is 11.0. The molecule has 8 heteroatoms. The number of nitrogens with one attached hydrogen (secondary N) is 1. The van der Waals surface area contributed by atoms with Crippen LogP contribution in [0.15, 0.2) is 28.8 Å². The van der Waals surface area contributed by atoms with Crippen molar-refractivity contribution in [2.45, 2.75) is 39.5 Å². The summed E-state index contributed by atoms with van der Waals surface area (Å²) in [5.74, 6) is 0.562. The van der Waals surface area contributed by atoms with E-state index < -0.39 is 0 Å². The quantitative estimate of drug-likeness (QED) is 0.729. The van der Waals surface area contributed by atoms with E-state index in [4.69, 9.17) is 4.52 Å². The standard InChI is InChI=1S/C20H24FN5O2/c1-12-10-13(6-7-14(12)21)16-11-15(24-26(16)5)18(27)22-9-8-17-23-19(28-25-17)20(2,3)4/h6-7,10-11H,8-9H2,1-5H3,(H,22,27). The molecule has 0 spiro atoms. The fourth-order valence-electron chi connectivity index (χ4n) is 2.69. The van der Waals surface area contributed by atoms with Crippen LogP contribution in [0.5, 0.6) is 0 Å². The van der Waals surface area contributed by atoms with Crippen LogP contribution in [0.2, 0.25) is 0 Å². The van der Waals surface area contributed by atoms with Gasteiger partial charge in [-0.05, 0) is 36.8 Å². The van der Waals surface area contributed by atoms with Crippen LogP contribution in [-0.2, 0) is 18.9 Å². The van der Waals surface area contributed by atoms with Gasteiger partial charge in [0.1, 0.15) is 5.82 Å². The molecule has 0 aliphatic heterocycles. The number of nitrogens with zero attached hydrogens (tertiary/aromatic N) is 4. The Balaban J connectivity index is 1.63. The second kappa shape index (κ2) is 7.53. The molecule has 1 N–H and O–H groups in total. The van der Waals surface area contributed by atoms with Crippen LogP contribution >= 0.6 is 0 Å². The largest absolute Gasteiger partial charge is 0.350 e. The van der Waals surface area contributed by atoms with E-state index in [0.29, 0.717) is 35.9 Å². The van der Waals surface area contributed by atoms with E-state index in [-0.39, 0.29) is 17.1 Å². The fraction of sp³-hybridized carbons (Fsp3) is 0.400. The molecule has 0 bridgehead atoms. The van der Waals surface area contributed by atoms with Gasteiger partial charge in [0.2, 0.25) is 5.89 Å². The Morgan fingerprint density at radius 3 is 2.68 bits per heavy atom.